The van der Waals surface area contributed by atoms with Crippen molar-refractivity contribution in [2.75, 3.05) is 6.54 Å². The molecular weight excluding hydrogens is 210 g/mol. The van der Waals surface area contributed by atoms with Crippen LogP contribution in [0.15, 0.2) is 42.5 Å². The normalized spacial score (nSPS) is 14.4. The summed E-state index contributed by atoms with van der Waals surface area (Å²) in [5.41, 5.74) is 4.66. The highest BCUT2D eigenvalue weighted by atomic mass is 16.3. The molecule has 0 saturated carbocycles. The van der Waals surface area contributed by atoms with E-state index < -0.39 is 0 Å². The number of hydrogen-bond donors (Lipinski definition) is 2. The summed E-state index contributed by atoms with van der Waals surface area (Å²) < 4.78 is 0. The van der Waals surface area contributed by atoms with Crippen LogP contribution < -0.4 is 5.32 Å². The van der Waals surface area contributed by atoms with Gasteiger partial charge in [-0.05, 0) is 35.7 Å². The van der Waals surface area contributed by atoms with Crippen molar-refractivity contribution >= 4 is 0 Å². The Balaban J connectivity index is 2.21. The fraction of sp³-hybridized carbons (Fsp3) is 0.200. The lowest BCUT2D eigenvalue weighted by molar-refractivity contribution is 0.475. The van der Waals surface area contributed by atoms with Gasteiger partial charge in [-0.3, -0.25) is 0 Å². The first-order valence-electron chi connectivity index (χ1n) is 5.96. The van der Waals surface area contributed by atoms with Gasteiger partial charge in [-0.25, -0.2) is 0 Å². The number of phenolic OH excluding ortho intramolecular Hbond substituents is 1. The lowest BCUT2D eigenvalue weighted by Crippen LogP contribution is -2.24. The lowest BCUT2D eigenvalue weighted by Gasteiger charge is -2.21. The summed E-state index contributed by atoms with van der Waals surface area (Å²) in [5.74, 6) is 0.374. The number of hydrogen-bond acceptors (Lipinski definition) is 2. The fourth-order valence-corrected chi connectivity index (χ4v) is 2.48. The van der Waals surface area contributed by atoms with E-state index in [1.807, 2.05) is 42.5 Å². The first kappa shape index (κ1) is 10.4. The standard InChI is InChI=1S/C15H15NO/c17-14-7-6-11-8-9-16-10-13(11)15(14)12-4-2-1-3-5-12/h1-7,16-17H,8-10H2. The van der Waals surface area contributed by atoms with Gasteiger partial charge in [-0.2, -0.15) is 0 Å². The van der Waals surface area contributed by atoms with Gasteiger partial charge in [-0.1, -0.05) is 36.4 Å². The Bertz CT molecular complexity index is 534. The number of phenols is 1. The third kappa shape index (κ3) is 1.81. The third-order valence-electron chi connectivity index (χ3n) is 3.32. The van der Waals surface area contributed by atoms with E-state index in [4.69, 9.17) is 0 Å². The Morgan fingerprint density at radius 3 is 2.65 bits per heavy atom. The highest BCUT2D eigenvalue weighted by Gasteiger charge is 2.16. The highest BCUT2D eigenvalue weighted by Crippen LogP contribution is 2.35. The van der Waals surface area contributed by atoms with E-state index in [1.165, 1.54) is 11.1 Å². The van der Waals surface area contributed by atoms with Gasteiger partial charge < -0.3 is 10.4 Å². The second-order valence-electron chi connectivity index (χ2n) is 4.39. The largest absolute Gasteiger partial charge is 0.507 e. The van der Waals surface area contributed by atoms with Gasteiger partial charge in [0.05, 0.1) is 0 Å². The summed E-state index contributed by atoms with van der Waals surface area (Å²) in [4.78, 5) is 0. The van der Waals surface area contributed by atoms with Crippen molar-refractivity contribution in [1.82, 2.24) is 5.32 Å². The van der Waals surface area contributed by atoms with Crippen molar-refractivity contribution in [1.29, 1.82) is 0 Å². The average Bonchev–Trinajstić information content (AvgIpc) is 2.39. The van der Waals surface area contributed by atoms with Gasteiger partial charge in [0, 0.05) is 12.1 Å². The molecule has 2 aromatic carbocycles. The molecule has 2 nitrogen and oxygen atoms in total. The Morgan fingerprint density at radius 1 is 1.00 bits per heavy atom. The van der Waals surface area contributed by atoms with Gasteiger partial charge in [0.1, 0.15) is 5.75 Å². The van der Waals surface area contributed by atoms with Crippen molar-refractivity contribution in [2.24, 2.45) is 0 Å². The molecule has 2 heteroatoms. The van der Waals surface area contributed by atoms with E-state index >= 15 is 0 Å². The van der Waals surface area contributed by atoms with Crippen molar-refractivity contribution in [2.45, 2.75) is 13.0 Å². The third-order valence-corrected chi connectivity index (χ3v) is 3.32. The topological polar surface area (TPSA) is 32.3 Å². The van der Waals surface area contributed by atoms with Crippen LogP contribution in [0.2, 0.25) is 0 Å². The van der Waals surface area contributed by atoms with Gasteiger partial charge in [0.25, 0.3) is 0 Å². The minimum absolute atomic E-state index is 0.374. The number of fused-ring (bicyclic) bond motifs is 1. The molecule has 2 N–H and O–H groups in total. The summed E-state index contributed by atoms with van der Waals surface area (Å²) in [6, 6.07) is 13.9. The zero-order chi connectivity index (χ0) is 11.7. The molecule has 0 spiro atoms. The van der Waals surface area contributed by atoms with Crippen LogP contribution in [-0.2, 0) is 13.0 Å². The number of nitrogens with one attached hydrogen (secondary N) is 1. The Hall–Kier alpha value is -1.80. The quantitative estimate of drug-likeness (QED) is 0.782. The molecule has 0 aliphatic carbocycles. The van der Waals surface area contributed by atoms with Crippen LogP contribution in [0.4, 0.5) is 0 Å². The molecule has 1 heterocycles. The molecule has 0 amide bonds. The summed E-state index contributed by atoms with van der Waals surface area (Å²) in [6.45, 7) is 1.86. The second kappa shape index (κ2) is 4.22. The number of rotatable bonds is 1. The SMILES string of the molecule is Oc1ccc2c(c1-c1ccccc1)CNCC2. The fourth-order valence-electron chi connectivity index (χ4n) is 2.48. The molecule has 1 aliphatic rings. The average molecular weight is 225 g/mol. The highest BCUT2D eigenvalue weighted by molar-refractivity contribution is 5.75. The van der Waals surface area contributed by atoms with E-state index in [0.29, 0.717) is 5.75 Å². The van der Waals surface area contributed by atoms with Crippen LogP contribution >= 0.6 is 0 Å². The van der Waals surface area contributed by atoms with Crippen LogP contribution in [0.5, 0.6) is 5.75 Å². The minimum Gasteiger partial charge on any atom is -0.507 e. The molecule has 0 radical (unpaired) electrons. The molecular formula is C15H15NO. The van der Waals surface area contributed by atoms with E-state index in [2.05, 4.69) is 5.32 Å². The maximum absolute atomic E-state index is 10.1. The smallest absolute Gasteiger partial charge is 0.123 e. The summed E-state index contributed by atoms with van der Waals surface area (Å²) >= 11 is 0. The molecule has 0 saturated heterocycles. The molecule has 2 aromatic rings. The van der Waals surface area contributed by atoms with Crippen molar-refractivity contribution < 1.29 is 5.11 Å². The van der Waals surface area contributed by atoms with Gasteiger partial charge in [0.2, 0.25) is 0 Å². The maximum atomic E-state index is 10.1. The first-order chi connectivity index (χ1) is 8.36. The van der Waals surface area contributed by atoms with Crippen molar-refractivity contribution in [3.63, 3.8) is 0 Å². The molecule has 0 atom stereocenters. The van der Waals surface area contributed by atoms with Gasteiger partial charge >= 0.3 is 0 Å². The Morgan fingerprint density at radius 2 is 1.82 bits per heavy atom. The molecule has 17 heavy (non-hydrogen) atoms. The summed E-state index contributed by atoms with van der Waals surface area (Å²) in [5, 5.41) is 13.5. The number of benzene rings is 2. The molecule has 0 unspecified atom stereocenters. The summed E-state index contributed by atoms with van der Waals surface area (Å²) in [7, 11) is 0. The Kier molecular flexibility index (Phi) is 2.57. The predicted molar refractivity (Wildman–Crippen MR) is 69.0 cm³/mol. The van der Waals surface area contributed by atoms with E-state index in [-0.39, 0.29) is 0 Å². The van der Waals surface area contributed by atoms with E-state index in [0.717, 1.165) is 30.6 Å². The molecule has 3 rings (SSSR count). The first-order valence-corrected chi connectivity index (χ1v) is 5.96. The van der Waals surface area contributed by atoms with E-state index in [9.17, 15) is 5.11 Å². The minimum atomic E-state index is 0.374. The molecule has 86 valence electrons. The molecule has 1 aliphatic heterocycles. The molecule has 0 fully saturated rings. The molecule has 0 bridgehead atoms. The van der Waals surface area contributed by atoms with Crippen LogP contribution in [-0.4, -0.2) is 11.7 Å². The maximum Gasteiger partial charge on any atom is 0.123 e. The van der Waals surface area contributed by atoms with Crippen molar-refractivity contribution in [3.05, 3.63) is 53.6 Å². The Labute approximate surface area is 101 Å². The molecule has 0 aromatic heterocycles. The van der Waals surface area contributed by atoms with Gasteiger partial charge in [0.15, 0.2) is 0 Å². The zero-order valence-electron chi connectivity index (χ0n) is 9.61. The van der Waals surface area contributed by atoms with Crippen LogP contribution in [0.3, 0.4) is 0 Å². The second-order valence-corrected chi connectivity index (χ2v) is 4.39. The predicted octanol–water partition coefficient (Wildman–Crippen LogP) is 2.70. The van der Waals surface area contributed by atoms with Gasteiger partial charge in [-0.15, -0.1) is 0 Å². The van der Waals surface area contributed by atoms with Crippen molar-refractivity contribution in [3.8, 4) is 16.9 Å². The van der Waals surface area contributed by atoms with Crippen LogP contribution in [0.25, 0.3) is 11.1 Å². The lowest BCUT2D eigenvalue weighted by atomic mass is 9.91. The summed E-state index contributed by atoms with van der Waals surface area (Å²) in [6.07, 6.45) is 1.04. The van der Waals surface area contributed by atoms with Crippen LogP contribution in [0, 0.1) is 0 Å². The van der Waals surface area contributed by atoms with Crippen LogP contribution in [0.1, 0.15) is 11.1 Å². The zero-order valence-corrected chi connectivity index (χ0v) is 9.61. The van der Waals surface area contributed by atoms with E-state index in [1.54, 1.807) is 0 Å². The number of aromatic hydroxyl groups is 1. The monoisotopic (exact) mass is 225 g/mol.